The fourth-order valence-corrected chi connectivity index (χ4v) is 2.89. The van der Waals surface area contributed by atoms with Crippen molar-refractivity contribution in [2.24, 2.45) is 11.3 Å². The van der Waals surface area contributed by atoms with Crippen LogP contribution in [0.2, 0.25) is 0 Å². The molecular weight excluding hydrogens is 244 g/mol. The molecule has 1 atom stereocenters. The summed E-state index contributed by atoms with van der Waals surface area (Å²) in [6, 6.07) is 4.53. The van der Waals surface area contributed by atoms with E-state index in [1.54, 1.807) is 18.4 Å². The fourth-order valence-electron chi connectivity index (χ4n) is 1.92. The third-order valence-corrected chi connectivity index (χ3v) is 4.08. The maximum atomic E-state index is 11.8. The van der Waals surface area contributed by atoms with Crippen LogP contribution in [0.3, 0.4) is 0 Å². The second-order valence-corrected chi connectivity index (χ2v) is 6.56. The Balaban J connectivity index is 2.67. The Labute approximate surface area is 114 Å². The summed E-state index contributed by atoms with van der Waals surface area (Å²) < 4.78 is 0. The van der Waals surface area contributed by atoms with E-state index in [9.17, 15) is 4.79 Å². The molecule has 1 amide bonds. The molecule has 0 saturated heterocycles. The van der Waals surface area contributed by atoms with Gasteiger partial charge >= 0.3 is 0 Å². The van der Waals surface area contributed by atoms with Crippen molar-refractivity contribution >= 4 is 17.2 Å². The van der Waals surface area contributed by atoms with Gasteiger partial charge in [0, 0.05) is 24.5 Å². The van der Waals surface area contributed by atoms with Crippen LogP contribution < -0.4 is 10.6 Å². The molecule has 0 spiro atoms. The lowest BCUT2D eigenvalue weighted by molar-refractivity contribution is -0.128. The standard InChI is InChI=1S/C14H24N2OS/c1-10(2)12(11-7-6-8-18-11)16-9-14(3,4)13(17)15-5/h6-8,10,12,16H,9H2,1-5H3,(H,15,17). The van der Waals surface area contributed by atoms with E-state index in [0.29, 0.717) is 18.5 Å². The predicted molar refractivity (Wildman–Crippen MR) is 77.7 cm³/mol. The molecule has 3 nitrogen and oxygen atoms in total. The van der Waals surface area contributed by atoms with Crippen LogP contribution in [-0.4, -0.2) is 19.5 Å². The zero-order valence-corrected chi connectivity index (χ0v) is 12.7. The van der Waals surface area contributed by atoms with Crippen LogP contribution in [0.4, 0.5) is 0 Å². The lowest BCUT2D eigenvalue weighted by atomic mass is 9.91. The highest BCUT2D eigenvalue weighted by molar-refractivity contribution is 7.10. The lowest BCUT2D eigenvalue weighted by Gasteiger charge is -2.28. The van der Waals surface area contributed by atoms with Crippen molar-refractivity contribution in [3.63, 3.8) is 0 Å². The van der Waals surface area contributed by atoms with Crippen LogP contribution in [0, 0.1) is 11.3 Å². The molecule has 0 aliphatic rings. The molecule has 18 heavy (non-hydrogen) atoms. The van der Waals surface area contributed by atoms with Gasteiger partial charge in [0.1, 0.15) is 0 Å². The van der Waals surface area contributed by atoms with E-state index in [-0.39, 0.29) is 11.3 Å². The Morgan fingerprint density at radius 3 is 2.56 bits per heavy atom. The van der Waals surface area contributed by atoms with Crippen molar-refractivity contribution in [2.45, 2.75) is 33.7 Å². The first-order chi connectivity index (χ1) is 8.38. The largest absolute Gasteiger partial charge is 0.359 e. The zero-order chi connectivity index (χ0) is 13.8. The summed E-state index contributed by atoms with van der Waals surface area (Å²) in [5, 5.41) is 8.34. The van der Waals surface area contributed by atoms with Gasteiger partial charge in [0.2, 0.25) is 5.91 Å². The molecule has 1 unspecified atom stereocenters. The molecule has 0 aliphatic carbocycles. The van der Waals surface area contributed by atoms with E-state index in [0.717, 1.165) is 0 Å². The fraction of sp³-hybridized carbons (Fsp3) is 0.643. The van der Waals surface area contributed by atoms with E-state index < -0.39 is 0 Å². The molecule has 1 aromatic rings. The molecule has 0 fully saturated rings. The number of nitrogens with one attached hydrogen (secondary N) is 2. The minimum absolute atomic E-state index is 0.0729. The molecule has 0 aliphatic heterocycles. The Kier molecular flexibility index (Phi) is 5.35. The first kappa shape index (κ1) is 15.2. The summed E-state index contributed by atoms with van der Waals surface area (Å²) in [6.45, 7) is 9.00. The molecule has 0 bridgehead atoms. The third-order valence-electron chi connectivity index (χ3n) is 3.12. The van der Waals surface area contributed by atoms with E-state index in [1.807, 2.05) is 13.8 Å². The van der Waals surface area contributed by atoms with Gasteiger partial charge in [-0.05, 0) is 31.2 Å². The summed E-state index contributed by atoms with van der Waals surface area (Å²) in [5.41, 5.74) is -0.390. The molecule has 1 heterocycles. The second-order valence-electron chi connectivity index (χ2n) is 5.58. The summed E-state index contributed by atoms with van der Waals surface area (Å²) in [5.74, 6) is 0.577. The van der Waals surface area contributed by atoms with Crippen LogP contribution in [0.25, 0.3) is 0 Å². The topological polar surface area (TPSA) is 41.1 Å². The van der Waals surface area contributed by atoms with Gasteiger partial charge in [-0.15, -0.1) is 11.3 Å². The van der Waals surface area contributed by atoms with Gasteiger partial charge in [0.15, 0.2) is 0 Å². The molecule has 102 valence electrons. The zero-order valence-electron chi connectivity index (χ0n) is 11.9. The first-order valence-corrected chi connectivity index (χ1v) is 7.25. The van der Waals surface area contributed by atoms with Gasteiger partial charge < -0.3 is 10.6 Å². The van der Waals surface area contributed by atoms with Gasteiger partial charge in [-0.1, -0.05) is 19.9 Å². The van der Waals surface area contributed by atoms with Crippen molar-refractivity contribution < 1.29 is 4.79 Å². The molecule has 4 heteroatoms. The van der Waals surface area contributed by atoms with Crippen LogP contribution in [0.1, 0.15) is 38.6 Å². The Morgan fingerprint density at radius 1 is 1.44 bits per heavy atom. The number of thiophene rings is 1. The average Bonchev–Trinajstić information content (AvgIpc) is 2.81. The molecule has 0 radical (unpaired) electrons. The monoisotopic (exact) mass is 268 g/mol. The van der Waals surface area contributed by atoms with E-state index >= 15 is 0 Å². The quantitative estimate of drug-likeness (QED) is 0.833. The number of hydrogen-bond donors (Lipinski definition) is 2. The Morgan fingerprint density at radius 2 is 2.11 bits per heavy atom. The number of hydrogen-bond acceptors (Lipinski definition) is 3. The first-order valence-electron chi connectivity index (χ1n) is 6.37. The summed E-state index contributed by atoms with van der Waals surface area (Å²) in [6.07, 6.45) is 0. The number of amides is 1. The maximum absolute atomic E-state index is 11.8. The normalized spacial score (nSPS) is 13.7. The van der Waals surface area contributed by atoms with Gasteiger partial charge in [-0.3, -0.25) is 4.79 Å². The molecule has 0 aromatic carbocycles. The van der Waals surface area contributed by atoms with Crippen LogP contribution in [0.15, 0.2) is 17.5 Å². The van der Waals surface area contributed by atoms with Crippen molar-refractivity contribution in [3.8, 4) is 0 Å². The van der Waals surface area contributed by atoms with Gasteiger partial charge in [-0.25, -0.2) is 0 Å². The van der Waals surface area contributed by atoms with E-state index in [4.69, 9.17) is 0 Å². The van der Waals surface area contributed by atoms with Crippen LogP contribution in [0.5, 0.6) is 0 Å². The van der Waals surface area contributed by atoms with E-state index in [2.05, 4.69) is 42.0 Å². The average molecular weight is 268 g/mol. The Bertz CT molecular complexity index is 371. The van der Waals surface area contributed by atoms with Gasteiger partial charge in [-0.2, -0.15) is 0 Å². The highest BCUT2D eigenvalue weighted by atomic mass is 32.1. The van der Waals surface area contributed by atoms with E-state index in [1.165, 1.54) is 4.88 Å². The molecule has 1 rings (SSSR count). The van der Waals surface area contributed by atoms with Crippen molar-refractivity contribution in [2.75, 3.05) is 13.6 Å². The summed E-state index contributed by atoms with van der Waals surface area (Å²) in [4.78, 5) is 13.1. The number of carbonyl (C=O) groups is 1. The van der Waals surface area contributed by atoms with Crippen molar-refractivity contribution in [3.05, 3.63) is 22.4 Å². The minimum atomic E-state index is -0.390. The smallest absolute Gasteiger partial charge is 0.226 e. The van der Waals surface area contributed by atoms with Gasteiger partial charge in [0.05, 0.1) is 5.41 Å². The van der Waals surface area contributed by atoms with Crippen LogP contribution in [-0.2, 0) is 4.79 Å². The summed E-state index contributed by atoms with van der Waals surface area (Å²) in [7, 11) is 1.68. The molecule has 1 aromatic heterocycles. The molecular formula is C14H24N2OS. The highest BCUT2D eigenvalue weighted by Crippen LogP contribution is 2.27. The third kappa shape index (κ3) is 3.82. The number of rotatable bonds is 6. The minimum Gasteiger partial charge on any atom is -0.359 e. The lowest BCUT2D eigenvalue weighted by Crippen LogP contribution is -2.43. The Hall–Kier alpha value is -0.870. The molecule has 0 saturated carbocycles. The number of carbonyl (C=O) groups excluding carboxylic acids is 1. The predicted octanol–water partition coefficient (Wildman–Crippen LogP) is 2.81. The highest BCUT2D eigenvalue weighted by Gasteiger charge is 2.28. The van der Waals surface area contributed by atoms with Crippen molar-refractivity contribution in [1.29, 1.82) is 0 Å². The SMILES string of the molecule is CNC(=O)C(C)(C)CNC(c1cccs1)C(C)C. The maximum Gasteiger partial charge on any atom is 0.226 e. The second kappa shape index (κ2) is 6.34. The molecule has 2 N–H and O–H groups in total. The van der Waals surface area contributed by atoms with Gasteiger partial charge in [0.25, 0.3) is 0 Å². The van der Waals surface area contributed by atoms with Crippen molar-refractivity contribution in [1.82, 2.24) is 10.6 Å². The summed E-state index contributed by atoms with van der Waals surface area (Å²) >= 11 is 1.76. The van der Waals surface area contributed by atoms with Crippen LogP contribution >= 0.6 is 11.3 Å².